The Hall–Kier alpha value is -4.68. The normalized spacial score (nSPS) is 38.5. The fourth-order valence-electron chi connectivity index (χ4n) is 17.0. The van der Waals surface area contributed by atoms with Gasteiger partial charge >= 0.3 is 0 Å². The Morgan fingerprint density at radius 1 is 0.193 bits per heavy atom. The molecule has 0 nitrogen and oxygen atoms in total. The molecule has 8 aliphatic rings. The van der Waals surface area contributed by atoms with Gasteiger partial charge in [0, 0.05) is 0 Å². The highest BCUT2D eigenvalue weighted by Gasteiger charge is 2.77. The van der Waals surface area contributed by atoms with Gasteiger partial charge < -0.3 is 0 Å². The summed E-state index contributed by atoms with van der Waals surface area (Å²) in [5, 5.41) is 0. The lowest BCUT2D eigenvalue weighted by atomic mass is 9.27. The zero-order valence-corrected chi connectivity index (χ0v) is 33.5. The zero-order valence-electron chi connectivity index (χ0n) is 33.5. The molecule has 0 N–H and O–H groups in total. The summed E-state index contributed by atoms with van der Waals surface area (Å²) in [5.74, 6) is 0. The third-order valence-corrected chi connectivity index (χ3v) is 18.0. The molecule has 0 aromatic heterocycles. The van der Waals surface area contributed by atoms with Crippen LogP contribution in [0.3, 0.4) is 0 Å². The molecule has 6 aromatic carbocycles. The van der Waals surface area contributed by atoms with Crippen LogP contribution in [0, 0.1) is 10.8 Å². The maximum atomic E-state index is 2.54. The topological polar surface area (TPSA) is 0 Å². The number of hydrogen-bond acceptors (Lipinski definition) is 0. The Morgan fingerprint density at radius 3 is 0.667 bits per heavy atom. The van der Waals surface area contributed by atoms with E-state index in [-0.39, 0.29) is 43.3 Å². The summed E-state index contributed by atoms with van der Waals surface area (Å²) in [4.78, 5) is 0. The van der Waals surface area contributed by atoms with Crippen LogP contribution in [-0.2, 0) is 32.5 Å². The highest BCUT2D eigenvalue weighted by Crippen LogP contribution is 2.84. The third kappa shape index (κ3) is 4.80. The highest BCUT2D eigenvalue weighted by molar-refractivity contribution is 5.49. The van der Waals surface area contributed by atoms with Crippen LogP contribution in [0.25, 0.3) is 0 Å². The summed E-state index contributed by atoms with van der Waals surface area (Å²) >= 11 is 0. The summed E-state index contributed by atoms with van der Waals surface area (Å²) in [7, 11) is 0. The van der Waals surface area contributed by atoms with Crippen molar-refractivity contribution in [2.75, 3.05) is 0 Å². The molecule has 0 heterocycles. The highest BCUT2D eigenvalue weighted by atomic mass is 14.8. The van der Waals surface area contributed by atoms with Crippen LogP contribution in [0.15, 0.2) is 182 Å². The maximum absolute atomic E-state index is 2.54. The van der Waals surface area contributed by atoms with Gasteiger partial charge in [-0.2, -0.15) is 0 Å². The van der Waals surface area contributed by atoms with Crippen molar-refractivity contribution in [2.24, 2.45) is 10.8 Å². The van der Waals surface area contributed by atoms with Gasteiger partial charge in [0.15, 0.2) is 0 Å². The lowest BCUT2D eigenvalue weighted by Crippen LogP contribution is -2.71. The number of rotatable bonds is 7. The van der Waals surface area contributed by atoms with Gasteiger partial charge in [-0.05, 0) is 160 Å². The summed E-state index contributed by atoms with van der Waals surface area (Å²) < 4.78 is 0. The minimum atomic E-state index is 0.100. The first-order chi connectivity index (χ1) is 27.9. The minimum absolute atomic E-state index is 0.100. The Labute approximate surface area is 340 Å². The average molecular weight is 741 g/mol. The van der Waals surface area contributed by atoms with E-state index in [9.17, 15) is 0 Å². The SMILES string of the molecule is c1ccc(C23CCC4(C56CC7(c8ccccc8)CC(c8ccccc8)(CC(c8ccccc8)(C7)C5)C6)CC(c5ccccc5)(C2)CC(c2ccccc2)(C3)C4)cc1. The average Bonchev–Trinajstić information content (AvgIpc) is 3.45. The molecule has 8 saturated carbocycles. The second-order valence-electron chi connectivity index (χ2n) is 20.9. The summed E-state index contributed by atoms with van der Waals surface area (Å²) in [6, 6.07) is 72.0. The second-order valence-corrected chi connectivity index (χ2v) is 20.9. The van der Waals surface area contributed by atoms with E-state index in [4.69, 9.17) is 0 Å². The van der Waals surface area contributed by atoms with E-state index in [1.807, 2.05) is 0 Å². The molecule has 2 atom stereocenters. The third-order valence-electron chi connectivity index (χ3n) is 18.0. The van der Waals surface area contributed by atoms with Gasteiger partial charge in [0.1, 0.15) is 0 Å². The molecule has 14 rings (SSSR count). The first-order valence-corrected chi connectivity index (χ1v) is 22.2. The van der Waals surface area contributed by atoms with Gasteiger partial charge in [-0.3, -0.25) is 0 Å². The Kier molecular flexibility index (Phi) is 7.20. The Balaban J connectivity index is 1.16. The van der Waals surface area contributed by atoms with Crippen LogP contribution < -0.4 is 0 Å². The molecule has 0 heteroatoms. The van der Waals surface area contributed by atoms with Crippen molar-refractivity contribution in [3.05, 3.63) is 215 Å². The zero-order chi connectivity index (χ0) is 37.9. The Bertz CT molecular complexity index is 2200. The van der Waals surface area contributed by atoms with Crippen LogP contribution in [0.1, 0.15) is 117 Å². The van der Waals surface area contributed by atoms with Gasteiger partial charge in [-0.15, -0.1) is 0 Å². The van der Waals surface area contributed by atoms with Crippen molar-refractivity contribution in [3.63, 3.8) is 0 Å². The van der Waals surface area contributed by atoms with Crippen LogP contribution in [0.5, 0.6) is 0 Å². The van der Waals surface area contributed by atoms with Crippen molar-refractivity contribution in [1.29, 1.82) is 0 Å². The molecule has 0 amide bonds. The lowest BCUT2D eigenvalue weighted by molar-refractivity contribution is -0.196. The molecule has 0 saturated heterocycles. The maximum Gasteiger partial charge on any atom is -0.00245 e. The molecule has 8 bridgehead atoms. The molecule has 8 fully saturated rings. The van der Waals surface area contributed by atoms with Gasteiger partial charge in [0.05, 0.1) is 0 Å². The molecule has 2 unspecified atom stereocenters. The first kappa shape index (κ1) is 34.4. The monoisotopic (exact) mass is 740 g/mol. The van der Waals surface area contributed by atoms with E-state index in [1.165, 1.54) is 83.5 Å². The van der Waals surface area contributed by atoms with Crippen molar-refractivity contribution in [2.45, 2.75) is 116 Å². The predicted molar refractivity (Wildman–Crippen MR) is 234 cm³/mol. The van der Waals surface area contributed by atoms with Gasteiger partial charge in [0.25, 0.3) is 0 Å². The fraction of sp³-hybridized carbons (Fsp3) is 0.368. The van der Waals surface area contributed by atoms with Crippen molar-refractivity contribution < 1.29 is 0 Å². The van der Waals surface area contributed by atoms with Gasteiger partial charge in [0.2, 0.25) is 0 Å². The lowest BCUT2D eigenvalue weighted by Gasteiger charge is -2.77. The second kappa shape index (κ2) is 11.9. The summed E-state index contributed by atoms with van der Waals surface area (Å²) in [6.45, 7) is 0. The smallest absolute Gasteiger partial charge is 0.00245 e. The van der Waals surface area contributed by atoms with Gasteiger partial charge in [-0.25, -0.2) is 0 Å². The largest absolute Gasteiger partial charge is 0.0622 e. The molecule has 6 aromatic rings. The molecule has 0 aliphatic heterocycles. The van der Waals surface area contributed by atoms with Crippen LogP contribution in [-0.4, -0.2) is 0 Å². The van der Waals surface area contributed by atoms with Crippen molar-refractivity contribution >= 4 is 0 Å². The molecule has 57 heavy (non-hydrogen) atoms. The van der Waals surface area contributed by atoms with Crippen LogP contribution in [0.2, 0.25) is 0 Å². The Morgan fingerprint density at radius 2 is 0.404 bits per heavy atom. The number of hydrogen-bond donors (Lipinski definition) is 0. The van der Waals surface area contributed by atoms with E-state index in [1.54, 1.807) is 33.4 Å². The first-order valence-electron chi connectivity index (χ1n) is 22.2. The minimum Gasteiger partial charge on any atom is -0.0622 e. The standard InChI is InChI=1S/C57H56/c1-7-19-44(20-8-1)50-31-32-56(39-51(33-50,45-21-9-2-10-22-45)35-52(34-50,40-56)46-23-11-3-12-24-46)57-41-53(47-25-13-4-14-26-47)36-54(42-57,48-27-15-5-16-28-48)38-55(37-53,43-57)49-29-17-6-18-30-49/h1-30H,31-43H2. The summed E-state index contributed by atoms with van der Waals surface area (Å²) in [5.41, 5.74) is 10.7. The molecule has 0 radical (unpaired) electrons. The van der Waals surface area contributed by atoms with E-state index >= 15 is 0 Å². The van der Waals surface area contributed by atoms with Crippen LogP contribution >= 0.6 is 0 Å². The van der Waals surface area contributed by atoms with Gasteiger partial charge in [-0.1, -0.05) is 182 Å². The number of benzene rings is 6. The van der Waals surface area contributed by atoms with E-state index in [0.717, 1.165) is 0 Å². The quantitative estimate of drug-likeness (QED) is 0.153. The predicted octanol–water partition coefficient (Wildman–Crippen LogP) is 13.7. The van der Waals surface area contributed by atoms with E-state index in [2.05, 4.69) is 182 Å². The molecule has 284 valence electrons. The molecule has 0 spiro atoms. The van der Waals surface area contributed by atoms with Crippen LogP contribution in [0.4, 0.5) is 0 Å². The number of fused-ring (bicyclic) bond motifs is 1. The fourth-order valence-corrected chi connectivity index (χ4v) is 17.0. The van der Waals surface area contributed by atoms with Crippen molar-refractivity contribution in [3.8, 4) is 0 Å². The van der Waals surface area contributed by atoms with E-state index < -0.39 is 0 Å². The van der Waals surface area contributed by atoms with Crippen molar-refractivity contribution in [1.82, 2.24) is 0 Å². The molecular formula is C57H56. The molecular weight excluding hydrogens is 685 g/mol. The molecule has 8 aliphatic carbocycles. The van der Waals surface area contributed by atoms with E-state index in [0.29, 0.717) is 0 Å². The summed E-state index contributed by atoms with van der Waals surface area (Å²) in [6.07, 6.45) is 16.8.